The number of amides is 4. The molecule has 0 saturated carbocycles. The first-order chi connectivity index (χ1) is 15.4. The monoisotopic (exact) mass is 456 g/mol. The molecule has 0 radical (unpaired) electrons. The first kappa shape index (κ1) is 24.8. The minimum Gasteiger partial charge on any atom is -0.352 e. The number of hydrogen-bond donors (Lipinski definition) is 5. The van der Waals surface area contributed by atoms with Crippen molar-refractivity contribution < 1.29 is 19.6 Å². The molecule has 8 nitrogen and oxygen atoms in total. The molecule has 0 atom stereocenters. The average molecular weight is 457 g/mol. The number of hydroxylamine groups is 1. The Bertz CT molecular complexity index is 1040. The predicted molar refractivity (Wildman–Crippen MR) is 127 cm³/mol. The molecule has 32 heavy (non-hydrogen) atoms. The van der Waals surface area contributed by atoms with E-state index in [4.69, 9.17) is 10.9 Å². The van der Waals surface area contributed by atoms with Gasteiger partial charge >= 0.3 is 6.03 Å². The van der Waals surface area contributed by atoms with E-state index in [-0.39, 0.29) is 5.91 Å². The van der Waals surface area contributed by atoms with Crippen molar-refractivity contribution in [2.45, 2.75) is 32.6 Å². The largest absolute Gasteiger partial charge is 0.352 e. The molecule has 3 aromatic rings. The number of aryl methyl sites for hydroxylation is 1. The number of primary amides is 1. The zero-order chi connectivity index (χ0) is 23.3. The van der Waals surface area contributed by atoms with Gasteiger partial charge in [0.15, 0.2) is 0 Å². The summed E-state index contributed by atoms with van der Waals surface area (Å²) in [6.45, 7) is 2.76. The fourth-order valence-corrected chi connectivity index (χ4v) is 3.74. The zero-order valence-electron chi connectivity index (χ0n) is 17.9. The summed E-state index contributed by atoms with van der Waals surface area (Å²) in [6.07, 6.45) is 3.18. The van der Waals surface area contributed by atoms with Crippen LogP contribution in [0.4, 0.5) is 10.5 Å². The van der Waals surface area contributed by atoms with Crippen LogP contribution in [0.5, 0.6) is 0 Å². The number of carbonyl (C=O) groups excluding carboxylic acids is 3. The minimum atomic E-state index is -0.537. The van der Waals surface area contributed by atoms with Crippen LogP contribution in [0.2, 0.25) is 0 Å². The van der Waals surface area contributed by atoms with Gasteiger partial charge in [-0.2, -0.15) is 0 Å². The Morgan fingerprint density at radius 3 is 2.47 bits per heavy atom. The number of carbonyl (C=O) groups is 3. The van der Waals surface area contributed by atoms with Gasteiger partial charge in [-0.25, -0.2) is 10.3 Å². The van der Waals surface area contributed by atoms with Gasteiger partial charge in [0, 0.05) is 23.4 Å². The Balaban J connectivity index is 0.000000390. The van der Waals surface area contributed by atoms with E-state index in [0.717, 1.165) is 28.5 Å². The van der Waals surface area contributed by atoms with Crippen LogP contribution in [0.15, 0.2) is 54.6 Å². The Morgan fingerprint density at radius 1 is 1.06 bits per heavy atom. The molecule has 0 fully saturated rings. The van der Waals surface area contributed by atoms with E-state index >= 15 is 0 Å². The van der Waals surface area contributed by atoms with E-state index in [0.29, 0.717) is 30.0 Å². The van der Waals surface area contributed by atoms with E-state index in [2.05, 4.69) is 17.6 Å². The Kier molecular flexibility index (Phi) is 10.2. The van der Waals surface area contributed by atoms with Crippen LogP contribution < -0.4 is 21.8 Å². The van der Waals surface area contributed by atoms with Crippen molar-refractivity contribution in [1.29, 1.82) is 0 Å². The maximum Gasteiger partial charge on any atom is 0.312 e. The van der Waals surface area contributed by atoms with Gasteiger partial charge in [0.1, 0.15) is 0 Å². The smallest absolute Gasteiger partial charge is 0.312 e. The molecule has 4 amide bonds. The second kappa shape index (κ2) is 13.1. The second-order valence-electron chi connectivity index (χ2n) is 6.98. The van der Waals surface area contributed by atoms with Gasteiger partial charge < -0.3 is 16.4 Å². The predicted octanol–water partition coefficient (Wildman–Crippen LogP) is 4.05. The molecule has 0 unspecified atom stereocenters. The van der Waals surface area contributed by atoms with Gasteiger partial charge in [0.05, 0.1) is 4.88 Å². The normalized spacial score (nSPS) is 10.1. The third-order valence-electron chi connectivity index (χ3n) is 4.44. The van der Waals surface area contributed by atoms with Gasteiger partial charge in [-0.05, 0) is 48.1 Å². The van der Waals surface area contributed by atoms with E-state index in [1.807, 2.05) is 42.5 Å². The lowest BCUT2D eigenvalue weighted by molar-refractivity contribution is -0.116. The number of nitrogens with one attached hydrogen (secondary N) is 3. The zero-order valence-corrected chi connectivity index (χ0v) is 18.7. The first-order valence-electron chi connectivity index (χ1n) is 10.3. The number of rotatable bonds is 8. The van der Waals surface area contributed by atoms with Crippen LogP contribution in [0, 0.1) is 0 Å². The summed E-state index contributed by atoms with van der Waals surface area (Å²) in [5.41, 5.74) is 8.22. The van der Waals surface area contributed by atoms with Crippen LogP contribution in [-0.2, 0) is 11.2 Å². The molecule has 3 rings (SSSR count). The molecule has 9 heteroatoms. The van der Waals surface area contributed by atoms with Crippen molar-refractivity contribution in [2.24, 2.45) is 5.73 Å². The summed E-state index contributed by atoms with van der Waals surface area (Å²) < 4.78 is 0.913. The third kappa shape index (κ3) is 8.37. The summed E-state index contributed by atoms with van der Waals surface area (Å²) in [6, 6.07) is 16.6. The highest BCUT2D eigenvalue weighted by molar-refractivity contribution is 7.20. The van der Waals surface area contributed by atoms with Crippen LogP contribution in [-0.4, -0.2) is 29.6 Å². The van der Waals surface area contributed by atoms with Crippen molar-refractivity contribution in [3.63, 3.8) is 0 Å². The van der Waals surface area contributed by atoms with Gasteiger partial charge in [-0.1, -0.05) is 43.7 Å². The van der Waals surface area contributed by atoms with Crippen molar-refractivity contribution >= 4 is 45.0 Å². The molecule has 0 saturated heterocycles. The Morgan fingerprint density at radius 2 is 1.81 bits per heavy atom. The fourth-order valence-electron chi connectivity index (χ4n) is 2.80. The van der Waals surface area contributed by atoms with Crippen molar-refractivity contribution in [3.05, 3.63) is 65.0 Å². The lowest BCUT2D eigenvalue weighted by Crippen LogP contribution is -2.29. The molecule has 0 aliphatic heterocycles. The standard InChI is InChI=1S/C18H16N2O3S.C5H12N2O/c21-17(9-6-12-4-2-1-3-5-12)19-14-7-8-15-13(10-14)11-16(24-15)18(22)20-23;1-2-3-4-7-5(6)8/h1-5,7-8,10-11,23H,6,9H2,(H,19,21)(H,20,22);2-4H2,1H3,(H3,6,7,8). The molecule has 0 aliphatic rings. The molecule has 6 N–H and O–H groups in total. The quantitative estimate of drug-likeness (QED) is 0.199. The lowest BCUT2D eigenvalue weighted by Gasteiger charge is -2.05. The van der Waals surface area contributed by atoms with Crippen LogP contribution in [0.1, 0.15) is 41.4 Å². The van der Waals surface area contributed by atoms with Gasteiger partial charge in [-0.3, -0.25) is 14.8 Å². The molecule has 1 heterocycles. The summed E-state index contributed by atoms with van der Waals surface area (Å²) >= 11 is 1.28. The second-order valence-corrected chi connectivity index (χ2v) is 8.07. The van der Waals surface area contributed by atoms with Gasteiger partial charge in [0.2, 0.25) is 5.91 Å². The number of fused-ring (bicyclic) bond motifs is 1. The lowest BCUT2D eigenvalue weighted by atomic mass is 10.1. The number of unbranched alkanes of at least 4 members (excludes halogenated alkanes) is 1. The highest BCUT2D eigenvalue weighted by Gasteiger charge is 2.10. The number of urea groups is 1. The van der Waals surface area contributed by atoms with E-state index in [1.165, 1.54) is 11.3 Å². The number of anilines is 1. The van der Waals surface area contributed by atoms with E-state index in [9.17, 15) is 14.4 Å². The fraction of sp³-hybridized carbons (Fsp3) is 0.261. The summed E-state index contributed by atoms with van der Waals surface area (Å²) in [7, 11) is 0. The molecule has 0 spiro atoms. The maximum absolute atomic E-state index is 12.1. The maximum atomic E-state index is 12.1. The van der Waals surface area contributed by atoms with Gasteiger partial charge in [0.25, 0.3) is 5.91 Å². The Hall–Kier alpha value is -3.43. The van der Waals surface area contributed by atoms with Crippen LogP contribution in [0.25, 0.3) is 10.1 Å². The molecular formula is C23H28N4O4S. The first-order valence-corrected chi connectivity index (χ1v) is 11.1. The molecule has 0 aliphatic carbocycles. The third-order valence-corrected chi connectivity index (χ3v) is 5.55. The number of nitrogens with two attached hydrogens (primary N) is 1. The topological polar surface area (TPSA) is 134 Å². The summed E-state index contributed by atoms with van der Waals surface area (Å²) in [5, 5.41) is 14.9. The molecule has 1 aromatic heterocycles. The van der Waals surface area contributed by atoms with Gasteiger partial charge in [-0.15, -0.1) is 11.3 Å². The number of thiophene rings is 1. The van der Waals surface area contributed by atoms with E-state index < -0.39 is 11.9 Å². The molecule has 170 valence electrons. The SMILES string of the molecule is CCCCNC(N)=O.O=C(CCc1ccccc1)Nc1ccc2sc(C(=O)NO)cc2c1. The minimum absolute atomic E-state index is 0.0539. The average Bonchev–Trinajstić information content (AvgIpc) is 3.22. The summed E-state index contributed by atoms with van der Waals surface area (Å²) in [4.78, 5) is 33.9. The van der Waals surface area contributed by atoms with Crippen molar-refractivity contribution in [2.75, 3.05) is 11.9 Å². The van der Waals surface area contributed by atoms with Crippen molar-refractivity contribution in [1.82, 2.24) is 10.8 Å². The molecule has 0 bridgehead atoms. The van der Waals surface area contributed by atoms with Crippen LogP contribution in [0.3, 0.4) is 0 Å². The van der Waals surface area contributed by atoms with Crippen molar-refractivity contribution in [3.8, 4) is 0 Å². The molecule has 2 aromatic carbocycles. The summed E-state index contributed by atoms with van der Waals surface area (Å²) in [5.74, 6) is -0.591. The highest BCUT2D eigenvalue weighted by atomic mass is 32.1. The Labute approximate surface area is 190 Å². The van der Waals surface area contributed by atoms with Crippen LogP contribution >= 0.6 is 11.3 Å². The molecular weight excluding hydrogens is 428 g/mol. The van der Waals surface area contributed by atoms with E-state index in [1.54, 1.807) is 17.6 Å². The highest BCUT2D eigenvalue weighted by Crippen LogP contribution is 2.28. The number of benzene rings is 2. The number of hydrogen-bond acceptors (Lipinski definition) is 5.